The lowest BCUT2D eigenvalue weighted by Gasteiger charge is -2.32. The zero-order valence-corrected chi connectivity index (χ0v) is 17.7. The molecule has 4 nitrogen and oxygen atoms in total. The van der Waals surface area contributed by atoms with Gasteiger partial charge in [0.2, 0.25) is 0 Å². The highest BCUT2D eigenvalue weighted by molar-refractivity contribution is 5.86. The normalized spacial score (nSPS) is 16.2. The number of piperidine rings is 1. The molecule has 0 amide bonds. The summed E-state index contributed by atoms with van der Waals surface area (Å²) in [7, 11) is 0. The van der Waals surface area contributed by atoms with Crippen molar-refractivity contribution >= 4 is 21.8 Å². The van der Waals surface area contributed by atoms with Crippen molar-refractivity contribution < 1.29 is 17.9 Å². The van der Waals surface area contributed by atoms with Crippen LogP contribution in [0.25, 0.3) is 21.8 Å². The molecule has 7 heteroatoms. The SMILES string of the molecule is FC(F)(F)c1ccc2c(C3CCN(CCCOc4cccc5[nH]ccc45)CC3)c[nH]c2c1. The molecule has 2 N–H and O–H groups in total. The van der Waals surface area contributed by atoms with Crippen LogP contribution in [0, 0.1) is 0 Å². The second-order valence-corrected chi connectivity index (χ2v) is 8.52. The molecular formula is C25H26F3N3O. The first kappa shape index (κ1) is 20.9. The number of hydrogen-bond acceptors (Lipinski definition) is 2. The fourth-order valence-electron chi connectivity index (χ4n) is 4.78. The molecule has 0 unspecified atom stereocenters. The molecule has 1 aliphatic heterocycles. The highest BCUT2D eigenvalue weighted by atomic mass is 19.4. The number of halogens is 3. The Hall–Kier alpha value is -2.93. The number of aromatic amines is 2. The molecule has 168 valence electrons. The number of aromatic nitrogens is 2. The number of H-pyrrole nitrogens is 2. The van der Waals surface area contributed by atoms with Crippen LogP contribution in [-0.2, 0) is 6.18 Å². The van der Waals surface area contributed by atoms with E-state index in [4.69, 9.17) is 4.74 Å². The minimum Gasteiger partial charge on any atom is -0.493 e. The van der Waals surface area contributed by atoms with Gasteiger partial charge in [0.05, 0.1) is 12.2 Å². The third kappa shape index (κ3) is 4.21. The standard InChI is InChI=1S/C25H26F3N3O/c26-25(27,28)18-5-6-19-21(16-30-23(19)15-18)17-8-12-31(13-9-17)11-2-14-32-24-4-1-3-22-20(24)7-10-29-22/h1,3-7,10,15-17,29-30H,2,8-9,11-14H2. The Bertz CT molecular complexity index is 1200. The maximum absolute atomic E-state index is 13.0. The lowest BCUT2D eigenvalue weighted by molar-refractivity contribution is -0.137. The zero-order chi connectivity index (χ0) is 22.1. The summed E-state index contributed by atoms with van der Waals surface area (Å²) in [5, 5.41) is 2.01. The average Bonchev–Trinajstić information content (AvgIpc) is 3.43. The largest absolute Gasteiger partial charge is 0.493 e. The van der Waals surface area contributed by atoms with Crippen molar-refractivity contribution in [3.05, 3.63) is 66.0 Å². The first-order chi connectivity index (χ1) is 15.5. The summed E-state index contributed by atoms with van der Waals surface area (Å²) in [6.07, 6.45) is 2.47. The molecule has 1 fully saturated rings. The molecule has 2 aromatic heterocycles. The third-order valence-corrected chi connectivity index (χ3v) is 6.50. The fourth-order valence-corrected chi connectivity index (χ4v) is 4.78. The number of hydrogen-bond donors (Lipinski definition) is 2. The summed E-state index contributed by atoms with van der Waals surface area (Å²) in [4.78, 5) is 8.69. The highest BCUT2D eigenvalue weighted by Gasteiger charge is 2.31. The molecule has 0 spiro atoms. The van der Waals surface area contributed by atoms with Gasteiger partial charge >= 0.3 is 6.18 Å². The van der Waals surface area contributed by atoms with E-state index >= 15 is 0 Å². The summed E-state index contributed by atoms with van der Waals surface area (Å²) in [5.74, 6) is 1.29. The molecule has 0 bridgehead atoms. The molecule has 1 saturated heterocycles. The first-order valence-corrected chi connectivity index (χ1v) is 11.1. The number of nitrogens with one attached hydrogen (secondary N) is 2. The van der Waals surface area contributed by atoms with Gasteiger partial charge in [0.15, 0.2) is 0 Å². The number of alkyl halides is 3. The van der Waals surface area contributed by atoms with E-state index < -0.39 is 11.7 Å². The van der Waals surface area contributed by atoms with Gasteiger partial charge in [0, 0.05) is 40.7 Å². The Balaban J connectivity index is 1.12. The Morgan fingerprint density at radius 3 is 2.62 bits per heavy atom. The molecule has 0 radical (unpaired) electrons. The topological polar surface area (TPSA) is 44.0 Å². The molecular weight excluding hydrogens is 415 g/mol. The van der Waals surface area contributed by atoms with Crippen LogP contribution in [0.1, 0.15) is 36.3 Å². The lowest BCUT2D eigenvalue weighted by Crippen LogP contribution is -2.34. The summed E-state index contributed by atoms with van der Waals surface area (Å²) >= 11 is 0. The molecule has 4 aromatic rings. The third-order valence-electron chi connectivity index (χ3n) is 6.50. The quantitative estimate of drug-likeness (QED) is 0.344. The average molecular weight is 441 g/mol. The Morgan fingerprint density at radius 1 is 0.969 bits per heavy atom. The number of fused-ring (bicyclic) bond motifs is 2. The van der Waals surface area contributed by atoms with Gasteiger partial charge in [-0.2, -0.15) is 13.2 Å². The summed E-state index contributed by atoms with van der Waals surface area (Å²) in [6.45, 7) is 3.64. The van der Waals surface area contributed by atoms with Crippen molar-refractivity contribution in [3.63, 3.8) is 0 Å². The number of rotatable bonds is 6. The maximum Gasteiger partial charge on any atom is 0.416 e. The van der Waals surface area contributed by atoms with Gasteiger partial charge in [0.1, 0.15) is 5.75 Å². The van der Waals surface area contributed by atoms with Crippen LogP contribution < -0.4 is 4.74 Å². The Labute approximate surface area is 184 Å². The van der Waals surface area contributed by atoms with Crippen LogP contribution in [-0.4, -0.2) is 41.1 Å². The van der Waals surface area contributed by atoms with Gasteiger partial charge in [-0.15, -0.1) is 0 Å². The molecule has 5 rings (SSSR count). The molecule has 2 aromatic carbocycles. The Morgan fingerprint density at radius 2 is 1.81 bits per heavy atom. The zero-order valence-electron chi connectivity index (χ0n) is 17.7. The predicted octanol–water partition coefficient (Wildman–Crippen LogP) is 6.32. The van der Waals surface area contributed by atoms with Gasteiger partial charge in [-0.1, -0.05) is 12.1 Å². The van der Waals surface area contributed by atoms with Crippen molar-refractivity contribution in [2.75, 3.05) is 26.2 Å². The van der Waals surface area contributed by atoms with Crippen LogP contribution in [0.3, 0.4) is 0 Å². The van der Waals surface area contributed by atoms with Crippen molar-refractivity contribution in [3.8, 4) is 5.75 Å². The lowest BCUT2D eigenvalue weighted by atomic mass is 9.89. The monoisotopic (exact) mass is 441 g/mol. The highest BCUT2D eigenvalue weighted by Crippen LogP contribution is 2.36. The van der Waals surface area contributed by atoms with Gasteiger partial charge in [-0.25, -0.2) is 0 Å². The molecule has 3 heterocycles. The predicted molar refractivity (Wildman–Crippen MR) is 120 cm³/mol. The number of ether oxygens (including phenoxy) is 1. The maximum atomic E-state index is 13.0. The molecule has 0 aliphatic carbocycles. The number of nitrogens with zero attached hydrogens (tertiary/aromatic N) is 1. The van der Waals surface area contributed by atoms with E-state index in [0.717, 1.165) is 66.5 Å². The minimum absolute atomic E-state index is 0.374. The van der Waals surface area contributed by atoms with Crippen LogP contribution in [0.2, 0.25) is 0 Å². The van der Waals surface area contributed by atoms with E-state index in [1.165, 1.54) is 12.1 Å². The summed E-state index contributed by atoms with van der Waals surface area (Å²) in [6, 6.07) is 12.1. The van der Waals surface area contributed by atoms with Gasteiger partial charge in [-0.05, 0) is 74.2 Å². The van der Waals surface area contributed by atoms with Gasteiger partial charge in [0.25, 0.3) is 0 Å². The van der Waals surface area contributed by atoms with E-state index in [1.807, 2.05) is 36.7 Å². The second kappa shape index (κ2) is 8.54. The van der Waals surface area contributed by atoms with Gasteiger partial charge in [-0.3, -0.25) is 0 Å². The molecule has 32 heavy (non-hydrogen) atoms. The molecule has 0 atom stereocenters. The second-order valence-electron chi connectivity index (χ2n) is 8.52. The van der Waals surface area contributed by atoms with E-state index in [2.05, 4.69) is 14.9 Å². The van der Waals surface area contributed by atoms with Crippen LogP contribution >= 0.6 is 0 Å². The van der Waals surface area contributed by atoms with E-state index in [1.54, 1.807) is 6.07 Å². The van der Waals surface area contributed by atoms with Crippen LogP contribution in [0.15, 0.2) is 54.9 Å². The first-order valence-electron chi connectivity index (χ1n) is 11.1. The van der Waals surface area contributed by atoms with Crippen molar-refractivity contribution in [1.29, 1.82) is 0 Å². The fraction of sp³-hybridized carbons (Fsp3) is 0.360. The minimum atomic E-state index is -4.32. The van der Waals surface area contributed by atoms with Crippen molar-refractivity contribution in [2.45, 2.75) is 31.4 Å². The van der Waals surface area contributed by atoms with Gasteiger partial charge < -0.3 is 19.6 Å². The number of likely N-dealkylation sites (tertiary alicyclic amines) is 1. The molecule has 1 aliphatic rings. The van der Waals surface area contributed by atoms with E-state index in [0.29, 0.717) is 18.0 Å². The Kier molecular flexibility index (Phi) is 5.59. The smallest absolute Gasteiger partial charge is 0.416 e. The van der Waals surface area contributed by atoms with Crippen molar-refractivity contribution in [1.82, 2.24) is 14.9 Å². The summed E-state index contributed by atoms with van der Waals surface area (Å²) < 4.78 is 44.9. The van der Waals surface area contributed by atoms with Crippen LogP contribution in [0.5, 0.6) is 5.75 Å². The molecule has 0 saturated carbocycles. The van der Waals surface area contributed by atoms with E-state index in [-0.39, 0.29) is 0 Å². The number of benzene rings is 2. The van der Waals surface area contributed by atoms with E-state index in [9.17, 15) is 13.2 Å². The summed E-state index contributed by atoms with van der Waals surface area (Å²) in [5.41, 5.74) is 2.17. The van der Waals surface area contributed by atoms with Crippen molar-refractivity contribution in [2.24, 2.45) is 0 Å². The van der Waals surface area contributed by atoms with Crippen LogP contribution in [0.4, 0.5) is 13.2 Å².